The van der Waals surface area contributed by atoms with Crippen LogP contribution < -0.4 is 0 Å². The van der Waals surface area contributed by atoms with Gasteiger partial charge >= 0.3 is 0 Å². The van der Waals surface area contributed by atoms with Gasteiger partial charge in [0.25, 0.3) is 0 Å². The Morgan fingerprint density at radius 1 is 1.27 bits per heavy atom. The molecule has 0 atom stereocenters. The first kappa shape index (κ1) is 15.0. The molecular weight excluding hydrogens is 204 g/mol. The number of ether oxygens (including phenoxy) is 1. The summed E-state index contributed by atoms with van der Waals surface area (Å²) in [6.07, 6.45) is 7.72. The van der Waals surface area contributed by atoms with E-state index in [4.69, 9.17) is 4.74 Å². The standard InChI is InChI=1S/C13H26OS/c1-4-7-10-14-11-13(12-15,8-5-2)9-6-3/h4,15H,1,5-12H2,2-3H3. The number of rotatable bonds is 10. The third kappa shape index (κ3) is 6.26. The largest absolute Gasteiger partial charge is 0.381 e. The summed E-state index contributed by atoms with van der Waals surface area (Å²) in [7, 11) is 0. The van der Waals surface area contributed by atoms with E-state index >= 15 is 0 Å². The fraction of sp³-hybridized carbons (Fsp3) is 0.846. The first-order valence-electron chi connectivity index (χ1n) is 6.04. The second-order valence-electron chi connectivity index (χ2n) is 4.29. The highest BCUT2D eigenvalue weighted by Gasteiger charge is 2.26. The Morgan fingerprint density at radius 3 is 2.27 bits per heavy atom. The predicted molar refractivity (Wildman–Crippen MR) is 71.7 cm³/mol. The molecule has 15 heavy (non-hydrogen) atoms. The number of thiol groups is 1. The first-order chi connectivity index (χ1) is 7.24. The topological polar surface area (TPSA) is 9.23 Å². The molecule has 0 bridgehead atoms. The van der Waals surface area contributed by atoms with Crippen molar-refractivity contribution < 1.29 is 4.74 Å². The van der Waals surface area contributed by atoms with E-state index in [-0.39, 0.29) is 0 Å². The minimum atomic E-state index is 0.299. The van der Waals surface area contributed by atoms with E-state index < -0.39 is 0 Å². The van der Waals surface area contributed by atoms with Crippen molar-refractivity contribution in [3.8, 4) is 0 Å². The van der Waals surface area contributed by atoms with Gasteiger partial charge in [-0.1, -0.05) is 32.8 Å². The van der Waals surface area contributed by atoms with E-state index in [0.717, 1.165) is 25.4 Å². The summed E-state index contributed by atoms with van der Waals surface area (Å²) in [6.45, 7) is 9.81. The summed E-state index contributed by atoms with van der Waals surface area (Å²) >= 11 is 4.49. The van der Waals surface area contributed by atoms with Crippen LogP contribution in [0.1, 0.15) is 46.0 Å². The molecule has 0 N–H and O–H groups in total. The van der Waals surface area contributed by atoms with Crippen molar-refractivity contribution in [1.29, 1.82) is 0 Å². The minimum absolute atomic E-state index is 0.299. The normalized spacial score (nSPS) is 11.7. The van der Waals surface area contributed by atoms with Gasteiger partial charge in [-0.05, 0) is 25.0 Å². The molecule has 0 amide bonds. The van der Waals surface area contributed by atoms with E-state index in [1.165, 1.54) is 25.7 Å². The molecule has 90 valence electrons. The van der Waals surface area contributed by atoms with Gasteiger partial charge in [0.05, 0.1) is 13.2 Å². The lowest BCUT2D eigenvalue weighted by molar-refractivity contribution is 0.0475. The molecule has 0 aliphatic carbocycles. The summed E-state index contributed by atoms with van der Waals surface area (Å²) in [4.78, 5) is 0. The highest BCUT2D eigenvalue weighted by Crippen LogP contribution is 2.31. The van der Waals surface area contributed by atoms with E-state index in [1.54, 1.807) is 0 Å². The van der Waals surface area contributed by atoms with Crippen LogP contribution in [0.25, 0.3) is 0 Å². The van der Waals surface area contributed by atoms with Crippen LogP contribution in [0, 0.1) is 5.41 Å². The highest BCUT2D eigenvalue weighted by molar-refractivity contribution is 7.80. The van der Waals surface area contributed by atoms with E-state index in [0.29, 0.717) is 5.41 Å². The Balaban J connectivity index is 4.01. The quantitative estimate of drug-likeness (QED) is 0.338. The van der Waals surface area contributed by atoms with Crippen LogP contribution in [-0.4, -0.2) is 19.0 Å². The lowest BCUT2D eigenvalue weighted by Crippen LogP contribution is -2.29. The average molecular weight is 230 g/mol. The Hall–Kier alpha value is 0.0500. The molecule has 0 fully saturated rings. The van der Waals surface area contributed by atoms with Gasteiger partial charge in [-0.3, -0.25) is 0 Å². The third-order valence-electron chi connectivity index (χ3n) is 2.77. The molecule has 0 aromatic rings. The van der Waals surface area contributed by atoms with Gasteiger partial charge in [-0.15, -0.1) is 6.58 Å². The van der Waals surface area contributed by atoms with Crippen LogP contribution in [0.5, 0.6) is 0 Å². The van der Waals surface area contributed by atoms with Crippen molar-refractivity contribution in [2.75, 3.05) is 19.0 Å². The Kier molecular flexibility index (Phi) is 9.32. The summed E-state index contributed by atoms with van der Waals surface area (Å²) in [6, 6.07) is 0. The molecular formula is C13H26OS. The van der Waals surface area contributed by atoms with E-state index in [1.807, 2.05) is 6.08 Å². The molecule has 0 heterocycles. The van der Waals surface area contributed by atoms with Crippen LogP contribution in [0.2, 0.25) is 0 Å². The number of hydrogen-bond donors (Lipinski definition) is 1. The van der Waals surface area contributed by atoms with Crippen molar-refractivity contribution in [1.82, 2.24) is 0 Å². The fourth-order valence-electron chi connectivity index (χ4n) is 1.99. The monoisotopic (exact) mass is 230 g/mol. The van der Waals surface area contributed by atoms with Crippen LogP contribution in [0.15, 0.2) is 12.7 Å². The van der Waals surface area contributed by atoms with Gasteiger partial charge in [0.2, 0.25) is 0 Å². The molecule has 2 heteroatoms. The summed E-state index contributed by atoms with van der Waals surface area (Å²) < 4.78 is 5.72. The van der Waals surface area contributed by atoms with Crippen molar-refractivity contribution in [2.45, 2.75) is 46.0 Å². The predicted octanol–water partition coefficient (Wildman–Crippen LogP) is 4.10. The van der Waals surface area contributed by atoms with Gasteiger partial charge in [0.1, 0.15) is 0 Å². The zero-order valence-corrected chi connectivity index (χ0v) is 11.2. The Labute approximate surface area is 101 Å². The van der Waals surface area contributed by atoms with E-state index in [9.17, 15) is 0 Å². The maximum absolute atomic E-state index is 5.72. The summed E-state index contributed by atoms with van der Waals surface area (Å²) in [5.74, 6) is 0.933. The van der Waals surface area contributed by atoms with Gasteiger partial charge in [0.15, 0.2) is 0 Å². The lowest BCUT2D eigenvalue weighted by atomic mass is 9.82. The van der Waals surface area contributed by atoms with Crippen LogP contribution in [0.4, 0.5) is 0 Å². The smallest absolute Gasteiger partial charge is 0.0530 e. The summed E-state index contributed by atoms with van der Waals surface area (Å²) in [5.41, 5.74) is 0.299. The molecule has 0 unspecified atom stereocenters. The second-order valence-corrected chi connectivity index (χ2v) is 4.60. The SMILES string of the molecule is C=CCCOCC(CS)(CCC)CCC. The highest BCUT2D eigenvalue weighted by atomic mass is 32.1. The van der Waals surface area contributed by atoms with Crippen molar-refractivity contribution in [2.24, 2.45) is 5.41 Å². The zero-order chi connectivity index (χ0) is 11.6. The number of hydrogen-bond acceptors (Lipinski definition) is 2. The van der Waals surface area contributed by atoms with Gasteiger partial charge in [0, 0.05) is 5.41 Å². The second kappa shape index (κ2) is 9.29. The molecule has 0 aliphatic rings. The Morgan fingerprint density at radius 2 is 1.87 bits per heavy atom. The molecule has 0 spiro atoms. The van der Waals surface area contributed by atoms with Crippen molar-refractivity contribution >= 4 is 12.6 Å². The van der Waals surface area contributed by atoms with Gasteiger partial charge in [-0.2, -0.15) is 12.6 Å². The zero-order valence-electron chi connectivity index (χ0n) is 10.3. The summed E-state index contributed by atoms with van der Waals surface area (Å²) in [5, 5.41) is 0. The molecule has 0 saturated heterocycles. The lowest BCUT2D eigenvalue weighted by Gasteiger charge is -2.31. The van der Waals surface area contributed by atoms with Crippen molar-refractivity contribution in [3.63, 3.8) is 0 Å². The molecule has 0 radical (unpaired) electrons. The van der Waals surface area contributed by atoms with Crippen LogP contribution in [-0.2, 0) is 4.74 Å². The Bertz CT molecular complexity index is 151. The maximum atomic E-state index is 5.72. The molecule has 0 aromatic carbocycles. The maximum Gasteiger partial charge on any atom is 0.0530 e. The molecule has 1 nitrogen and oxygen atoms in total. The first-order valence-corrected chi connectivity index (χ1v) is 6.67. The fourth-order valence-corrected chi connectivity index (χ4v) is 2.40. The van der Waals surface area contributed by atoms with Crippen LogP contribution in [0.3, 0.4) is 0 Å². The minimum Gasteiger partial charge on any atom is -0.381 e. The molecule has 0 aromatic heterocycles. The molecule has 0 saturated carbocycles. The third-order valence-corrected chi connectivity index (χ3v) is 3.44. The van der Waals surface area contributed by atoms with Gasteiger partial charge < -0.3 is 4.74 Å². The molecule has 0 rings (SSSR count). The van der Waals surface area contributed by atoms with Crippen molar-refractivity contribution in [3.05, 3.63) is 12.7 Å². The van der Waals surface area contributed by atoms with Gasteiger partial charge in [-0.25, -0.2) is 0 Å². The average Bonchev–Trinajstić information content (AvgIpc) is 2.25. The van der Waals surface area contributed by atoms with E-state index in [2.05, 4.69) is 33.1 Å². The van der Waals surface area contributed by atoms with Crippen LogP contribution >= 0.6 is 12.6 Å². The molecule has 0 aliphatic heterocycles.